The fourth-order valence-electron chi connectivity index (χ4n) is 3.74. The van der Waals surface area contributed by atoms with Crippen molar-refractivity contribution in [2.24, 2.45) is 5.41 Å². The minimum Gasteiger partial charge on any atom is -0.481 e. The summed E-state index contributed by atoms with van der Waals surface area (Å²) in [6.07, 6.45) is -13.6. The number of hydrogen-bond donors (Lipinski definition) is 1. The minimum absolute atomic E-state index is 0.388. The Balaban J connectivity index is 1.87. The molecule has 0 spiro atoms. The molecule has 0 bridgehead atoms. The Kier molecular flexibility index (Phi) is 6.57. The fourth-order valence-corrected chi connectivity index (χ4v) is 5.97. The van der Waals surface area contributed by atoms with Gasteiger partial charge >= 0.3 is 18.3 Å². The number of halogens is 7. The Morgan fingerprint density at radius 2 is 1.79 bits per heavy atom. The molecule has 15 heteroatoms. The van der Waals surface area contributed by atoms with Gasteiger partial charge in [-0.25, -0.2) is 13.2 Å². The van der Waals surface area contributed by atoms with Gasteiger partial charge in [-0.2, -0.15) is 26.3 Å². The summed E-state index contributed by atoms with van der Waals surface area (Å²) in [6.45, 7) is -0.0854. The van der Waals surface area contributed by atoms with E-state index in [-0.39, 0.29) is 5.75 Å². The van der Waals surface area contributed by atoms with Crippen LogP contribution < -0.4 is 4.74 Å². The number of alkyl halides is 6. The number of carboxylic acids is 1. The van der Waals surface area contributed by atoms with Gasteiger partial charge in [0.1, 0.15) is 17.2 Å². The van der Waals surface area contributed by atoms with Crippen LogP contribution in [0.15, 0.2) is 23.1 Å². The van der Waals surface area contributed by atoms with Crippen LogP contribution in [0.5, 0.6) is 5.75 Å². The van der Waals surface area contributed by atoms with Crippen molar-refractivity contribution in [3.05, 3.63) is 23.2 Å². The van der Waals surface area contributed by atoms with E-state index < -0.39 is 92.6 Å². The van der Waals surface area contributed by atoms with E-state index in [9.17, 15) is 49.5 Å². The molecule has 3 atom stereocenters. The van der Waals surface area contributed by atoms with Gasteiger partial charge in [-0.3, -0.25) is 4.79 Å². The standard InChI is InChI=1S/C19H18ClF6NO6S/c1-9(18(21,22)23)33-10-2-3-14(12(20)6-10)34(31,32)11-7-13(15(28)29)27(8-11)16(30)17(4-5-17)19(24,25)26/h2-3,6,9,11,13H,4-5,7-8H2,1H3,(H,28,29)/t9-,11+,13+/m0/s1. The van der Waals surface area contributed by atoms with E-state index in [1.807, 2.05) is 0 Å². The van der Waals surface area contributed by atoms with Gasteiger partial charge in [0.25, 0.3) is 0 Å². The Morgan fingerprint density at radius 1 is 1.21 bits per heavy atom. The molecule has 0 unspecified atom stereocenters. The normalized spacial score (nSPS) is 23.5. The zero-order valence-electron chi connectivity index (χ0n) is 17.3. The van der Waals surface area contributed by atoms with Gasteiger partial charge in [-0.1, -0.05) is 11.6 Å². The number of aliphatic carboxylic acids is 1. The summed E-state index contributed by atoms with van der Waals surface area (Å²) in [5.41, 5.74) is -2.73. The summed E-state index contributed by atoms with van der Waals surface area (Å²) < 4.78 is 109. The van der Waals surface area contributed by atoms with E-state index in [2.05, 4.69) is 4.74 Å². The summed E-state index contributed by atoms with van der Waals surface area (Å²) in [4.78, 5) is 24.1. The molecule has 1 aliphatic carbocycles. The molecule has 1 amide bonds. The monoisotopic (exact) mass is 537 g/mol. The van der Waals surface area contributed by atoms with Gasteiger partial charge in [0.2, 0.25) is 5.91 Å². The van der Waals surface area contributed by atoms with Crippen LogP contribution in [-0.2, 0) is 19.4 Å². The lowest BCUT2D eigenvalue weighted by Crippen LogP contribution is -2.48. The Hall–Kier alpha value is -2.22. The number of amides is 1. The second-order valence-corrected chi connectivity index (χ2v) is 10.8. The SMILES string of the molecule is C[C@H](Oc1ccc(S(=O)(=O)[C@@H]2C[C@H](C(=O)O)N(C(=O)C3(C(F)(F)F)CC3)C2)c(Cl)c1)C(F)(F)F. The van der Waals surface area contributed by atoms with E-state index in [0.29, 0.717) is 4.90 Å². The lowest BCUT2D eigenvalue weighted by molar-refractivity contribution is -0.199. The van der Waals surface area contributed by atoms with Gasteiger partial charge < -0.3 is 14.7 Å². The molecule has 1 aliphatic heterocycles. The van der Waals surface area contributed by atoms with Gasteiger partial charge in [0.05, 0.1) is 15.2 Å². The maximum Gasteiger partial charge on any atom is 0.425 e. The highest BCUT2D eigenvalue weighted by Crippen LogP contribution is 2.59. The maximum atomic E-state index is 13.4. The number of hydrogen-bond acceptors (Lipinski definition) is 5. The first kappa shape index (κ1) is 26.4. The minimum atomic E-state index is -4.92. The lowest BCUT2D eigenvalue weighted by atomic mass is 10.0. The second-order valence-electron chi connectivity index (χ2n) is 8.19. The lowest BCUT2D eigenvalue weighted by Gasteiger charge is -2.28. The van der Waals surface area contributed by atoms with Crippen LogP contribution in [0.1, 0.15) is 26.2 Å². The van der Waals surface area contributed by atoms with E-state index in [4.69, 9.17) is 11.6 Å². The van der Waals surface area contributed by atoms with Gasteiger partial charge in [0, 0.05) is 12.6 Å². The third kappa shape index (κ3) is 4.66. The van der Waals surface area contributed by atoms with Crippen molar-refractivity contribution in [2.75, 3.05) is 6.54 Å². The quantitative estimate of drug-likeness (QED) is 0.554. The Bertz CT molecular complexity index is 1100. The average molecular weight is 538 g/mol. The predicted molar refractivity (Wildman–Crippen MR) is 104 cm³/mol. The summed E-state index contributed by atoms with van der Waals surface area (Å²) >= 11 is 5.94. The molecule has 190 valence electrons. The number of carbonyl (C=O) groups excluding carboxylic acids is 1. The van der Waals surface area contributed by atoms with Gasteiger partial charge in [-0.15, -0.1) is 0 Å². The zero-order chi connectivity index (χ0) is 25.9. The fraction of sp³-hybridized carbons (Fsp3) is 0.579. The molecule has 2 fully saturated rings. The predicted octanol–water partition coefficient (Wildman–Crippen LogP) is 3.84. The molecule has 34 heavy (non-hydrogen) atoms. The average Bonchev–Trinajstić information content (AvgIpc) is 3.38. The number of nitrogens with zero attached hydrogens (tertiary/aromatic N) is 1. The molecule has 2 aliphatic rings. The van der Waals surface area contributed by atoms with Crippen LogP contribution in [-0.4, -0.2) is 66.6 Å². The van der Waals surface area contributed by atoms with Crippen molar-refractivity contribution in [3.63, 3.8) is 0 Å². The number of benzene rings is 1. The van der Waals surface area contributed by atoms with Crippen LogP contribution in [0.4, 0.5) is 26.3 Å². The highest BCUT2D eigenvalue weighted by atomic mass is 35.5. The van der Waals surface area contributed by atoms with Crippen molar-refractivity contribution in [1.29, 1.82) is 0 Å². The molecule has 1 heterocycles. The Morgan fingerprint density at radius 3 is 2.24 bits per heavy atom. The molecular weight excluding hydrogens is 520 g/mol. The van der Waals surface area contributed by atoms with Crippen molar-refractivity contribution in [3.8, 4) is 5.75 Å². The summed E-state index contributed by atoms with van der Waals surface area (Å²) in [6, 6.07) is 0.790. The molecule has 1 saturated carbocycles. The molecule has 1 aromatic rings. The topological polar surface area (TPSA) is 101 Å². The second kappa shape index (κ2) is 8.47. The zero-order valence-corrected chi connectivity index (χ0v) is 18.9. The highest BCUT2D eigenvalue weighted by Gasteiger charge is 2.70. The third-order valence-electron chi connectivity index (χ3n) is 5.93. The van der Waals surface area contributed by atoms with Crippen molar-refractivity contribution < 1.29 is 54.2 Å². The largest absolute Gasteiger partial charge is 0.481 e. The number of rotatable bonds is 6. The van der Waals surface area contributed by atoms with Gasteiger partial charge in [0.15, 0.2) is 15.9 Å². The van der Waals surface area contributed by atoms with Crippen LogP contribution in [0.25, 0.3) is 0 Å². The number of ether oxygens (including phenoxy) is 1. The molecule has 0 radical (unpaired) electrons. The molecule has 1 N–H and O–H groups in total. The van der Waals surface area contributed by atoms with Crippen LogP contribution in [0.2, 0.25) is 5.02 Å². The van der Waals surface area contributed by atoms with Crippen LogP contribution in [0.3, 0.4) is 0 Å². The van der Waals surface area contributed by atoms with Crippen molar-refractivity contribution in [2.45, 2.75) is 60.8 Å². The van der Waals surface area contributed by atoms with E-state index in [1.54, 1.807) is 0 Å². The maximum absolute atomic E-state index is 13.4. The summed E-state index contributed by atoms with van der Waals surface area (Å²) in [5, 5.41) is 7.28. The molecule has 1 saturated heterocycles. The molecule has 0 aromatic heterocycles. The van der Waals surface area contributed by atoms with Gasteiger partial charge in [-0.05, 0) is 38.3 Å². The van der Waals surface area contributed by atoms with Crippen LogP contribution >= 0.6 is 11.6 Å². The third-order valence-corrected chi connectivity index (χ3v) is 8.55. The van der Waals surface area contributed by atoms with Crippen molar-refractivity contribution in [1.82, 2.24) is 4.90 Å². The number of carboxylic acid groups (broad SMARTS) is 1. The first-order valence-electron chi connectivity index (χ1n) is 9.79. The summed E-state index contributed by atoms with van der Waals surface area (Å²) in [7, 11) is -4.48. The van der Waals surface area contributed by atoms with E-state index in [0.717, 1.165) is 25.1 Å². The smallest absolute Gasteiger partial charge is 0.425 e. The van der Waals surface area contributed by atoms with Crippen LogP contribution in [0, 0.1) is 5.41 Å². The first-order chi connectivity index (χ1) is 15.4. The van der Waals surface area contributed by atoms with E-state index >= 15 is 0 Å². The van der Waals surface area contributed by atoms with Crippen molar-refractivity contribution >= 4 is 33.3 Å². The van der Waals surface area contributed by atoms with E-state index in [1.165, 1.54) is 0 Å². The molecule has 1 aromatic carbocycles. The molecular formula is C19H18ClF6NO6S. The summed E-state index contributed by atoms with van der Waals surface area (Å²) in [5.74, 6) is -3.55. The number of sulfone groups is 1. The highest BCUT2D eigenvalue weighted by molar-refractivity contribution is 7.92. The Labute approximate surface area is 194 Å². The number of carbonyl (C=O) groups is 2. The molecule has 7 nitrogen and oxygen atoms in total. The number of likely N-dealkylation sites (tertiary alicyclic amines) is 1. The first-order valence-corrected chi connectivity index (χ1v) is 11.7. The molecule has 3 rings (SSSR count).